The summed E-state index contributed by atoms with van der Waals surface area (Å²) < 4.78 is 5.89. The van der Waals surface area contributed by atoms with E-state index in [2.05, 4.69) is 42.2 Å². The molecule has 4 nitrogen and oxygen atoms in total. The van der Waals surface area contributed by atoms with E-state index in [0.29, 0.717) is 19.4 Å². The molecule has 2 aromatic rings. The number of benzene rings is 2. The molecule has 26 heavy (non-hydrogen) atoms. The third-order valence-corrected chi connectivity index (χ3v) is 5.15. The number of aliphatic carboxylic acids is 1. The van der Waals surface area contributed by atoms with Gasteiger partial charge in [-0.2, -0.15) is 0 Å². The lowest BCUT2D eigenvalue weighted by atomic mass is 9.90. The van der Waals surface area contributed by atoms with Gasteiger partial charge in [-0.05, 0) is 51.4 Å². The zero-order valence-electron chi connectivity index (χ0n) is 15.5. The van der Waals surface area contributed by atoms with Crippen LogP contribution in [0, 0.1) is 12.8 Å². The zero-order chi connectivity index (χ0) is 18.5. The third-order valence-electron chi connectivity index (χ3n) is 5.15. The SMILES string of the molecule is CCOc1ccccc1C(c1ccc(C)cc1)N1CCC(C(=O)O)CC1. The van der Waals surface area contributed by atoms with E-state index in [0.717, 1.165) is 24.4 Å². The van der Waals surface area contributed by atoms with Crippen molar-refractivity contribution >= 4 is 5.97 Å². The molecule has 2 aromatic carbocycles. The summed E-state index contributed by atoms with van der Waals surface area (Å²) in [5.41, 5.74) is 3.60. The number of carbonyl (C=O) groups is 1. The van der Waals surface area contributed by atoms with Crippen LogP contribution in [0.1, 0.15) is 42.5 Å². The third kappa shape index (κ3) is 4.07. The minimum Gasteiger partial charge on any atom is -0.494 e. The van der Waals surface area contributed by atoms with E-state index in [1.807, 2.05) is 25.1 Å². The first-order valence-electron chi connectivity index (χ1n) is 9.35. The number of para-hydroxylation sites is 1. The molecule has 138 valence electrons. The van der Waals surface area contributed by atoms with Crippen molar-refractivity contribution in [2.75, 3.05) is 19.7 Å². The zero-order valence-corrected chi connectivity index (χ0v) is 15.5. The molecule has 4 heteroatoms. The van der Waals surface area contributed by atoms with Crippen molar-refractivity contribution in [3.05, 3.63) is 65.2 Å². The second-order valence-electron chi connectivity index (χ2n) is 6.93. The maximum Gasteiger partial charge on any atom is 0.306 e. The van der Waals surface area contributed by atoms with E-state index in [1.54, 1.807) is 0 Å². The highest BCUT2D eigenvalue weighted by molar-refractivity contribution is 5.70. The van der Waals surface area contributed by atoms with Gasteiger partial charge in [-0.1, -0.05) is 48.0 Å². The maximum absolute atomic E-state index is 11.3. The van der Waals surface area contributed by atoms with Crippen LogP contribution in [0.2, 0.25) is 0 Å². The van der Waals surface area contributed by atoms with Crippen molar-refractivity contribution in [2.24, 2.45) is 5.92 Å². The van der Waals surface area contributed by atoms with Crippen LogP contribution in [0.15, 0.2) is 48.5 Å². The predicted molar refractivity (Wildman–Crippen MR) is 103 cm³/mol. The molecule has 3 rings (SSSR count). The Morgan fingerprint density at radius 2 is 1.81 bits per heavy atom. The Balaban J connectivity index is 1.95. The molecular formula is C22H27NO3. The first-order chi connectivity index (χ1) is 12.6. The number of carboxylic acid groups (broad SMARTS) is 1. The smallest absolute Gasteiger partial charge is 0.306 e. The van der Waals surface area contributed by atoms with E-state index < -0.39 is 5.97 Å². The van der Waals surface area contributed by atoms with Gasteiger partial charge in [-0.3, -0.25) is 9.69 Å². The van der Waals surface area contributed by atoms with Crippen LogP contribution in [0.25, 0.3) is 0 Å². The first-order valence-corrected chi connectivity index (χ1v) is 9.35. The Labute approximate surface area is 155 Å². The van der Waals surface area contributed by atoms with Gasteiger partial charge in [0.25, 0.3) is 0 Å². The largest absolute Gasteiger partial charge is 0.494 e. The number of likely N-dealkylation sites (tertiary alicyclic amines) is 1. The van der Waals surface area contributed by atoms with Crippen LogP contribution in [0.5, 0.6) is 5.75 Å². The second-order valence-corrected chi connectivity index (χ2v) is 6.93. The fourth-order valence-electron chi connectivity index (χ4n) is 3.73. The molecular weight excluding hydrogens is 326 g/mol. The molecule has 1 heterocycles. The van der Waals surface area contributed by atoms with Crippen LogP contribution in [-0.4, -0.2) is 35.7 Å². The normalized spacial score (nSPS) is 17.0. The van der Waals surface area contributed by atoms with Crippen LogP contribution in [0.4, 0.5) is 0 Å². The van der Waals surface area contributed by atoms with Crippen molar-refractivity contribution in [1.29, 1.82) is 0 Å². The van der Waals surface area contributed by atoms with Crippen molar-refractivity contribution in [3.63, 3.8) is 0 Å². The summed E-state index contributed by atoms with van der Waals surface area (Å²) in [7, 11) is 0. The van der Waals surface area contributed by atoms with Gasteiger partial charge in [-0.15, -0.1) is 0 Å². The molecule has 1 atom stereocenters. The molecule has 1 N–H and O–H groups in total. The molecule has 1 fully saturated rings. The lowest BCUT2D eigenvalue weighted by Gasteiger charge is -2.37. The van der Waals surface area contributed by atoms with Crippen molar-refractivity contribution in [3.8, 4) is 5.75 Å². The summed E-state index contributed by atoms with van der Waals surface area (Å²) in [4.78, 5) is 13.7. The fraction of sp³-hybridized carbons (Fsp3) is 0.409. The van der Waals surface area contributed by atoms with Gasteiger partial charge in [0.05, 0.1) is 18.6 Å². The van der Waals surface area contributed by atoms with E-state index >= 15 is 0 Å². The lowest BCUT2D eigenvalue weighted by Crippen LogP contribution is -2.39. The Hall–Kier alpha value is -2.33. The number of ether oxygens (including phenoxy) is 1. The maximum atomic E-state index is 11.3. The van der Waals surface area contributed by atoms with Crippen LogP contribution < -0.4 is 4.74 Å². The molecule has 0 bridgehead atoms. The number of carboxylic acids is 1. The Morgan fingerprint density at radius 3 is 2.42 bits per heavy atom. The minimum absolute atomic E-state index is 0.0769. The molecule has 0 aromatic heterocycles. The minimum atomic E-state index is -0.675. The van der Waals surface area contributed by atoms with Gasteiger partial charge in [0.2, 0.25) is 0 Å². The number of piperidine rings is 1. The van der Waals surface area contributed by atoms with Gasteiger partial charge in [-0.25, -0.2) is 0 Å². The van der Waals surface area contributed by atoms with E-state index in [9.17, 15) is 9.90 Å². The number of hydrogen-bond donors (Lipinski definition) is 1. The lowest BCUT2D eigenvalue weighted by molar-refractivity contribution is -0.143. The summed E-state index contributed by atoms with van der Waals surface area (Å²) >= 11 is 0. The summed E-state index contributed by atoms with van der Waals surface area (Å²) in [5.74, 6) is -0.000705. The van der Waals surface area contributed by atoms with Crippen LogP contribution in [0.3, 0.4) is 0 Å². The summed E-state index contributed by atoms with van der Waals surface area (Å²) in [6, 6.07) is 16.9. The number of aryl methyl sites for hydroxylation is 1. The molecule has 1 aliphatic rings. The van der Waals surface area contributed by atoms with E-state index in [1.165, 1.54) is 11.1 Å². The van der Waals surface area contributed by atoms with E-state index in [-0.39, 0.29) is 12.0 Å². The molecule has 0 aliphatic carbocycles. The highest BCUT2D eigenvalue weighted by Gasteiger charge is 2.31. The quantitative estimate of drug-likeness (QED) is 0.842. The number of rotatable bonds is 6. The number of nitrogens with zero attached hydrogens (tertiary/aromatic N) is 1. The first kappa shape index (κ1) is 18.5. The number of hydrogen-bond acceptors (Lipinski definition) is 3. The van der Waals surface area contributed by atoms with Crippen molar-refractivity contribution in [2.45, 2.75) is 32.7 Å². The van der Waals surface area contributed by atoms with Gasteiger partial charge in [0.1, 0.15) is 5.75 Å². The van der Waals surface area contributed by atoms with Gasteiger partial charge >= 0.3 is 5.97 Å². The molecule has 1 saturated heterocycles. The highest BCUT2D eigenvalue weighted by Crippen LogP contribution is 2.37. The van der Waals surface area contributed by atoms with Gasteiger partial charge in [0, 0.05) is 5.56 Å². The molecule has 0 radical (unpaired) electrons. The Bertz CT molecular complexity index is 733. The predicted octanol–water partition coefficient (Wildman–Crippen LogP) is 4.28. The summed E-state index contributed by atoms with van der Waals surface area (Å²) in [6.07, 6.45) is 1.38. The summed E-state index contributed by atoms with van der Waals surface area (Å²) in [6.45, 7) is 6.26. The van der Waals surface area contributed by atoms with Gasteiger partial charge in [0.15, 0.2) is 0 Å². The standard InChI is InChI=1S/C22H27NO3/c1-3-26-20-7-5-4-6-19(20)21(17-10-8-16(2)9-11-17)23-14-12-18(13-15-23)22(24)25/h4-11,18,21H,3,12-15H2,1-2H3,(H,24,25). The fourth-order valence-corrected chi connectivity index (χ4v) is 3.73. The van der Waals surface area contributed by atoms with E-state index in [4.69, 9.17) is 4.74 Å². The van der Waals surface area contributed by atoms with Crippen molar-refractivity contribution in [1.82, 2.24) is 4.90 Å². The molecule has 0 saturated carbocycles. The van der Waals surface area contributed by atoms with Crippen LogP contribution >= 0.6 is 0 Å². The Morgan fingerprint density at radius 1 is 1.15 bits per heavy atom. The topological polar surface area (TPSA) is 49.8 Å². The van der Waals surface area contributed by atoms with Gasteiger partial charge < -0.3 is 9.84 Å². The monoisotopic (exact) mass is 353 g/mol. The average molecular weight is 353 g/mol. The average Bonchev–Trinajstić information content (AvgIpc) is 2.65. The molecule has 1 aliphatic heterocycles. The van der Waals surface area contributed by atoms with Crippen molar-refractivity contribution < 1.29 is 14.6 Å². The molecule has 0 spiro atoms. The van der Waals surface area contributed by atoms with Crippen LogP contribution in [-0.2, 0) is 4.79 Å². The summed E-state index contributed by atoms with van der Waals surface area (Å²) in [5, 5.41) is 9.30. The molecule has 0 amide bonds. The highest BCUT2D eigenvalue weighted by atomic mass is 16.5. The second kappa shape index (κ2) is 8.37. The molecule has 1 unspecified atom stereocenters. The Kier molecular flexibility index (Phi) is 5.94.